The van der Waals surface area contributed by atoms with Crippen LogP contribution in [0.1, 0.15) is 18.1 Å². The van der Waals surface area contributed by atoms with E-state index in [1.54, 1.807) is 0 Å². The maximum Gasteiger partial charge on any atom is 0.126 e. The summed E-state index contributed by atoms with van der Waals surface area (Å²) in [6.45, 7) is 2.97. The van der Waals surface area contributed by atoms with Crippen LogP contribution in [-0.2, 0) is 13.0 Å². The fraction of sp³-hybridized carbons (Fsp3) is 0.167. The zero-order valence-corrected chi connectivity index (χ0v) is 12.1. The molecule has 0 aliphatic heterocycles. The number of nitrogen functional groups attached to an aromatic ring is 1. The number of benzene rings is 2. The average molecular weight is 277 g/mol. The molecule has 0 unspecified atom stereocenters. The predicted octanol–water partition coefficient (Wildman–Crippen LogP) is 3.99. The van der Waals surface area contributed by atoms with Crippen LogP contribution < -0.4 is 11.1 Å². The molecule has 2 aromatic carbocycles. The minimum absolute atomic E-state index is 0.766. The lowest BCUT2D eigenvalue weighted by molar-refractivity contribution is 1.04. The molecule has 0 fully saturated rings. The van der Waals surface area contributed by atoms with Gasteiger partial charge in [-0.05, 0) is 47.9 Å². The molecule has 0 spiro atoms. The number of pyridine rings is 1. The Morgan fingerprint density at radius 3 is 2.62 bits per heavy atom. The fourth-order valence-electron chi connectivity index (χ4n) is 2.50. The summed E-state index contributed by atoms with van der Waals surface area (Å²) in [6.07, 6.45) is 1.04. The van der Waals surface area contributed by atoms with E-state index < -0.39 is 0 Å². The monoisotopic (exact) mass is 277 g/mol. The Morgan fingerprint density at radius 2 is 1.81 bits per heavy atom. The molecule has 0 saturated heterocycles. The minimum Gasteiger partial charge on any atom is -0.399 e. The van der Waals surface area contributed by atoms with E-state index in [1.165, 1.54) is 11.1 Å². The van der Waals surface area contributed by atoms with Crippen LogP contribution in [0.4, 0.5) is 11.5 Å². The van der Waals surface area contributed by atoms with Crippen LogP contribution in [0.25, 0.3) is 10.9 Å². The molecule has 0 aliphatic rings. The van der Waals surface area contributed by atoms with E-state index in [0.717, 1.165) is 35.4 Å². The number of nitrogens with zero attached hydrogens (tertiary/aromatic N) is 1. The molecule has 0 bridgehead atoms. The molecule has 1 heterocycles. The molecule has 3 aromatic rings. The Hall–Kier alpha value is -2.55. The second-order valence-electron chi connectivity index (χ2n) is 5.12. The Morgan fingerprint density at radius 1 is 1.00 bits per heavy atom. The van der Waals surface area contributed by atoms with Gasteiger partial charge < -0.3 is 11.1 Å². The fourth-order valence-corrected chi connectivity index (χ4v) is 2.50. The van der Waals surface area contributed by atoms with E-state index >= 15 is 0 Å². The third-order valence-corrected chi connectivity index (χ3v) is 3.67. The third kappa shape index (κ3) is 2.97. The highest BCUT2D eigenvalue weighted by atomic mass is 15.0. The van der Waals surface area contributed by atoms with Crippen molar-refractivity contribution in [1.29, 1.82) is 0 Å². The molecule has 0 atom stereocenters. The first-order valence-corrected chi connectivity index (χ1v) is 7.23. The van der Waals surface area contributed by atoms with Crippen molar-refractivity contribution in [3.63, 3.8) is 0 Å². The van der Waals surface area contributed by atoms with Crippen molar-refractivity contribution < 1.29 is 0 Å². The standard InChI is InChI=1S/C18H19N3/c1-2-13-5-3-4-6-15(13)12-20-18-10-7-14-11-16(19)8-9-17(14)21-18/h3-11H,2,12,19H2,1H3,(H,20,21). The largest absolute Gasteiger partial charge is 0.399 e. The second-order valence-corrected chi connectivity index (χ2v) is 5.12. The molecule has 106 valence electrons. The van der Waals surface area contributed by atoms with Crippen molar-refractivity contribution in [2.45, 2.75) is 19.9 Å². The molecular weight excluding hydrogens is 258 g/mol. The summed E-state index contributed by atoms with van der Waals surface area (Å²) < 4.78 is 0. The first kappa shape index (κ1) is 13.4. The van der Waals surface area contributed by atoms with E-state index in [1.807, 2.05) is 30.3 Å². The SMILES string of the molecule is CCc1ccccc1CNc1ccc2cc(N)ccc2n1. The first-order valence-electron chi connectivity index (χ1n) is 7.23. The molecule has 3 nitrogen and oxygen atoms in total. The van der Waals surface area contributed by atoms with Gasteiger partial charge in [0.1, 0.15) is 5.82 Å². The number of anilines is 2. The van der Waals surface area contributed by atoms with Gasteiger partial charge in [-0.25, -0.2) is 4.98 Å². The van der Waals surface area contributed by atoms with E-state index in [2.05, 4.69) is 41.5 Å². The van der Waals surface area contributed by atoms with Gasteiger partial charge in [-0.15, -0.1) is 0 Å². The molecule has 0 aliphatic carbocycles. The van der Waals surface area contributed by atoms with Crippen LogP contribution >= 0.6 is 0 Å². The summed E-state index contributed by atoms with van der Waals surface area (Å²) in [5.74, 6) is 0.887. The molecule has 0 radical (unpaired) electrons. The number of aromatic nitrogens is 1. The number of fused-ring (bicyclic) bond motifs is 1. The van der Waals surface area contributed by atoms with Crippen molar-refractivity contribution in [2.75, 3.05) is 11.1 Å². The van der Waals surface area contributed by atoms with Crippen molar-refractivity contribution in [2.24, 2.45) is 0 Å². The maximum atomic E-state index is 5.79. The lowest BCUT2D eigenvalue weighted by atomic mass is 10.1. The molecule has 21 heavy (non-hydrogen) atoms. The summed E-state index contributed by atoms with van der Waals surface area (Å²) in [5, 5.41) is 4.46. The maximum absolute atomic E-state index is 5.79. The topological polar surface area (TPSA) is 50.9 Å². The number of rotatable bonds is 4. The van der Waals surface area contributed by atoms with Gasteiger partial charge in [-0.3, -0.25) is 0 Å². The first-order chi connectivity index (χ1) is 10.3. The van der Waals surface area contributed by atoms with Crippen molar-refractivity contribution in [1.82, 2.24) is 4.98 Å². The van der Waals surface area contributed by atoms with Gasteiger partial charge in [0, 0.05) is 17.6 Å². The van der Waals surface area contributed by atoms with E-state index in [-0.39, 0.29) is 0 Å². The van der Waals surface area contributed by atoms with Crippen LogP contribution in [-0.4, -0.2) is 4.98 Å². The average Bonchev–Trinajstić information content (AvgIpc) is 2.53. The van der Waals surface area contributed by atoms with Gasteiger partial charge in [0.25, 0.3) is 0 Å². The lowest BCUT2D eigenvalue weighted by Crippen LogP contribution is -2.04. The number of aryl methyl sites for hydroxylation is 1. The molecule has 3 heteroatoms. The molecule has 0 amide bonds. The van der Waals surface area contributed by atoms with Crippen LogP contribution in [0.15, 0.2) is 54.6 Å². The summed E-state index contributed by atoms with van der Waals surface area (Å²) >= 11 is 0. The lowest BCUT2D eigenvalue weighted by Gasteiger charge is -2.10. The smallest absolute Gasteiger partial charge is 0.126 e. The number of nitrogens with one attached hydrogen (secondary N) is 1. The van der Waals surface area contributed by atoms with Gasteiger partial charge >= 0.3 is 0 Å². The molecule has 1 aromatic heterocycles. The normalized spacial score (nSPS) is 10.7. The number of hydrogen-bond donors (Lipinski definition) is 2. The summed E-state index contributed by atoms with van der Waals surface area (Å²) in [6, 6.07) is 18.3. The van der Waals surface area contributed by atoms with E-state index in [0.29, 0.717) is 0 Å². The summed E-state index contributed by atoms with van der Waals surface area (Å²) in [5.41, 5.74) is 10.2. The van der Waals surface area contributed by atoms with Gasteiger partial charge in [-0.2, -0.15) is 0 Å². The zero-order chi connectivity index (χ0) is 14.7. The Labute approximate surface area is 124 Å². The Bertz CT molecular complexity index is 765. The van der Waals surface area contributed by atoms with E-state index in [4.69, 9.17) is 5.73 Å². The highest BCUT2D eigenvalue weighted by molar-refractivity contribution is 5.83. The van der Waals surface area contributed by atoms with Gasteiger partial charge in [0.05, 0.1) is 5.52 Å². The van der Waals surface area contributed by atoms with Gasteiger partial charge in [0.15, 0.2) is 0 Å². The van der Waals surface area contributed by atoms with Crippen LogP contribution in [0.2, 0.25) is 0 Å². The molecule has 3 rings (SSSR count). The highest BCUT2D eigenvalue weighted by Gasteiger charge is 2.02. The van der Waals surface area contributed by atoms with Crippen LogP contribution in [0, 0.1) is 0 Å². The van der Waals surface area contributed by atoms with Crippen molar-refractivity contribution >= 4 is 22.4 Å². The van der Waals surface area contributed by atoms with Gasteiger partial charge in [0.2, 0.25) is 0 Å². The quantitative estimate of drug-likeness (QED) is 0.709. The number of nitrogens with two attached hydrogens (primary N) is 1. The van der Waals surface area contributed by atoms with Crippen molar-refractivity contribution in [3.8, 4) is 0 Å². The van der Waals surface area contributed by atoms with Crippen LogP contribution in [0.3, 0.4) is 0 Å². The summed E-state index contributed by atoms with van der Waals surface area (Å²) in [4.78, 5) is 4.62. The highest BCUT2D eigenvalue weighted by Crippen LogP contribution is 2.19. The second kappa shape index (κ2) is 5.83. The Kier molecular flexibility index (Phi) is 3.73. The molecule has 3 N–H and O–H groups in total. The molecule has 0 saturated carbocycles. The molecular formula is C18H19N3. The van der Waals surface area contributed by atoms with E-state index in [9.17, 15) is 0 Å². The van der Waals surface area contributed by atoms with Crippen LogP contribution in [0.5, 0.6) is 0 Å². The number of hydrogen-bond acceptors (Lipinski definition) is 3. The predicted molar refractivity (Wildman–Crippen MR) is 89.3 cm³/mol. The van der Waals surface area contributed by atoms with Gasteiger partial charge in [-0.1, -0.05) is 31.2 Å². The third-order valence-electron chi connectivity index (χ3n) is 3.67. The Balaban J connectivity index is 1.80. The van der Waals surface area contributed by atoms with Crippen molar-refractivity contribution in [3.05, 3.63) is 65.7 Å². The summed E-state index contributed by atoms with van der Waals surface area (Å²) in [7, 11) is 0. The minimum atomic E-state index is 0.766. The zero-order valence-electron chi connectivity index (χ0n) is 12.1.